The SMILES string of the molecule is CSCCCNCc1ncncc1C(=O)O. The first kappa shape index (κ1) is 12.9. The monoisotopic (exact) mass is 241 g/mol. The second-order valence-electron chi connectivity index (χ2n) is 3.21. The van der Waals surface area contributed by atoms with Crippen LogP contribution in [0.3, 0.4) is 0 Å². The zero-order chi connectivity index (χ0) is 11.8. The van der Waals surface area contributed by atoms with Crippen LogP contribution in [0.1, 0.15) is 22.5 Å². The third kappa shape index (κ3) is 4.16. The summed E-state index contributed by atoms with van der Waals surface area (Å²) in [6, 6.07) is 0. The lowest BCUT2D eigenvalue weighted by Crippen LogP contribution is -2.18. The van der Waals surface area contributed by atoms with E-state index in [9.17, 15) is 4.79 Å². The number of carbonyl (C=O) groups is 1. The predicted octanol–water partition coefficient (Wildman–Crippen LogP) is 1.02. The quantitative estimate of drug-likeness (QED) is 0.694. The van der Waals surface area contributed by atoms with Gasteiger partial charge in [-0.05, 0) is 25.0 Å². The number of aromatic nitrogens is 2. The van der Waals surface area contributed by atoms with Crippen LogP contribution in [0.15, 0.2) is 12.5 Å². The van der Waals surface area contributed by atoms with E-state index in [1.807, 2.05) is 0 Å². The summed E-state index contributed by atoms with van der Waals surface area (Å²) in [5.74, 6) is 0.115. The maximum absolute atomic E-state index is 10.8. The molecule has 0 radical (unpaired) electrons. The number of thioether (sulfide) groups is 1. The van der Waals surface area contributed by atoms with Gasteiger partial charge in [-0.15, -0.1) is 0 Å². The highest BCUT2D eigenvalue weighted by Gasteiger charge is 2.10. The molecule has 6 heteroatoms. The summed E-state index contributed by atoms with van der Waals surface area (Å²) >= 11 is 1.80. The Balaban J connectivity index is 2.44. The van der Waals surface area contributed by atoms with Crippen molar-refractivity contribution in [2.24, 2.45) is 0 Å². The van der Waals surface area contributed by atoms with Gasteiger partial charge in [0, 0.05) is 12.7 Å². The average molecular weight is 241 g/mol. The summed E-state index contributed by atoms with van der Waals surface area (Å²) in [4.78, 5) is 18.5. The minimum Gasteiger partial charge on any atom is -0.478 e. The van der Waals surface area contributed by atoms with E-state index in [0.717, 1.165) is 18.7 Å². The van der Waals surface area contributed by atoms with Crippen molar-refractivity contribution in [1.82, 2.24) is 15.3 Å². The molecule has 0 unspecified atom stereocenters. The zero-order valence-electron chi connectivity index (χ0n) is 9.14. The van der Waals surface area contributed by atoms with Gasteiger partial charge in [0.25, 0.3) is 0 Å². The Morgan fingerprint density at radius 3 is 3.12 bits per heavy atom. The molecule has 0 aliphatic rings. The molecule has 0 saturated carbocycles. The number of hydrogen-bond acceptors (Lipinski definition) is 5. The molecule has 1 rings (SSSR count). The van der Waals surface area contributed by atoms with Crippen molar-refractivity contribution in [3.63, 3.8) is 0 Å². The smallest absolute Gasteiger partial charge is 0.339 e. The van der Waals surface area contributed by atoms with E-state index in [-0.39, 0.29) is 5.56 Å². The Morgan fingerprint density at radius 2 is 2.44 bits per heavy atom. The number of nitrogens with one attached hydrogen (secondary N) is 1. The summed E-state index contributed by atoms with van der Waals surface area (Å²) in [6.07, 6.45) is 5.82. The van der Waals surface area contributed by atoms with Crippen LogP contribution in [-0.4, -0.2) is 39.6 Å². The second kappa shape index (κ2) is 7.19. The van der Waals surface area contributed by atoms with E-state index in [2.05, 4.69) is 21.5 Å². The van der Waals surface area contributed by atoms with Crippen molar-refractivity contribution in [2.45, 2.75) is 13.0 Å². The van der Waals surface area contributed by atoms with Crippen LogP contribution < -0.4 is 5.32 Å². The minimum absolute atomic E-state index is 0.167. The number of aromatic carboxylic acids is 1. The third-order valence-electron chi connectivity index (χ3n) is 2.02. The van der Waals surface area contributed by atoms with Gasteiger partial charge in [0.2, 0.25) is 0 Å². The molecule has 0 saturated heterocycles. The fraction of sp³-hybridized carbons (Fsp3) is 0.500. The lowest BCUT2D eigenvalue weighted by atomic mass is 10.2. The molecule has 1 aromatic rings. The normalized spacial score (nSPS) is 10.3. The number of hydrogen-bond donors (Lipinski definition) is 2. The van der Waals surface area contributed by atoms with Gasteiger partial charge in [0.15, 0.2) is 0 Å². The standard InChI is InChI=1S/C10H15N3O2S/c1-16-4-2-3-11-6-9-8(10(14)15)5-12-7-13-9/h5,7,11H,2-4,6H2,1H3,(H,14,15). The number of carboxylic acids is 1. The van der Waals surface area contributed by atoms with Gasteiger partial charge in [-0.2, -0.15) is 11.8 Å². The van der Waals surface area contributed by atoms with E-state index >= 15 is 0 Å². The van der Waals surface area contributed by atoms with Gasteiger partial charge in [0.05, 0.1) is 5.69 Å². The van der Waals surface area contributed by atoms with Gasteiger partial charge >= 0.3 is 5.97 Å². The molecule has 5 nitrogen and oxygen atoms in total. The van der Waals surface area contributed by atoms with Crippen LogP contribution in [0.2, 0.25) is 0 Å². The van der Waals surface area contributed by atoms with Gasteiger partial charge in [0.1, 0.15) is 11.9 Å². The maximum Gasteiger partial charge on any atom is 0.339 e. The molecular weight excluding hydrogens is 226 g/mol. The summed E-state index contributed by atoms with van der Waals surface area (Å²) in [6.45, 7) is 1.34. The van der Waals surface area contributed by atoms with Crippen molar-refractivity contribution in [2.75, 3.05) is 18.6 Å². The first-order chi connectivity index (χ1) is 7.75. The Bertz CT molecular complexity index is 347. The lowest BCUT2D eigenvalue weighted by Gasteiger charge is -2.05. The molecule has 88 valence electrons. The van der Waals surface area contributed by atoms with Crippen LogP contribution in [0.25, 0.3) is 0 Å². The number of carboxylic acid groups (broad SMARTS) is 1. The average Bonchev–Trinajstić information content (AvgIpc) is 2.29. The number of rotatable bonds is 7. The van der Waals surface area contributed by atoms with E-state index in [1.165, 1.54) is 12.5 Å². The topological polar surface area (TPSA) is 75.1 Å². The minimum atomic E-state index is -0.985. The Labute approximate surface area is 98.7 Å². The molecule has 0 fully saturated rings. The maximum atomic E-state index is 10.8. The van der Waals surface area contributed by atoms with Crippen LogP contribution >= 0.6 is 11.8 Å². The fourth-order valence-electron chi connectivity index (χ4n) is 1.22. The summed E-state index contributed by atoms with van der Waals surface area (Å²) in [5.41, 5.74) is 0.700. The van der Waals surface area contributed by atoms with Crippen LogP contribution in [0.5, 0.6) is 0 Å². The molecule has 0 aliphatic heterocycles. The van der Waals surface area contributed by atoms with Crippen LogP contribution in [0, 0.1) is 0 Å². The molecule has 0 amide bonds. The molecule has 1 heterocycles. The second-order valence-corrected chi connectivity index (χ2v) is 4.20. The van der Waals surface area contributed by atoms with Crippen molar-refractivity contribution in [1.29, 1.82) is 0 Å². The van der Waals surface area contributed by atoms with E-state index in [1.54, 1.807) is 11.8 Å². The van der Waals surface area contributed by atoms with Gasteiger partial charge < -0.3 is 10.4 Å². The summed E-state index contributed by atoms with van der Waals surface area (Å²) < 4.78 is 0. The molecule has 0 atom stereocenters. The molecule has 1 aromatic heterocycles. The first-order valence-electron chi connectivity index (χ1n) is 4.97. The first-order valence-corrected chi connectivity index (χ1v) is 6.37. The van der Waals surface area contributed by atoms with E-state index < -0.39 is 5.97 Å². The zero-order valence-corrected chi connectivity index (χ0v) is 9.96. The molecule has 2 N–H and O–H groups in total. The molecule has 0 aromatic carbocycles. The molecule has 0 spiro atoms. The highest BCUT2D eigenvalue weighted by molar-refractivity contribution is 7.98. The molecule has 16 heavy (non-hydrogen) atoms. The van der Waals surface area contributed by atoms with Crippen molar-refractivity contribution < 1.29 is 9.90 Å². The molecule has 0 bridgehead atoms. The van der Waals surface area contributed by atoms with Crippen molar-refractivity contribution >= 4 is 17.7 Å². The highest BCUT2D eigenvalue weighted by atomic mass is 32.2. The number of nitrogens with zero attached hydrogens (tertiary/aromatic N) is 2. The lowest BCUT2D eigenvalue weighted by molar-refractivity contribution is 0.0694. The van der Waals surface area contributed by atoms with Gasteiger partial charge in [-0.3, -0.25) is 0 Å². The van der Waals surface area contributed by atoms with Crippen molar-refractivity contribution in [3.05, 3.63) is 23.8 Å². The molecular formula is C10H15N3O2S. The van der Waals surface area contributed by atoms with E-state index in [4.69, 9.17) is 5.11 Å². The molecule has 0 aliphatic carbocycles. The van der Waals surface area contributed by atoms with E-state index in [0.29, 0.717) is 12.2 Å². The Kier molecular flexibility index (Phi) is 5.81. The summed E-state index contributed by atoms with van der Waals surface area (Å²) in [5, 5.41) is 12.1. The van der Waals surface area contributed by atoms with Crippen LogP contribution in [0.4, 0.5) is 0 Å². The van der Waals surface area contributed by atoms with Crippen molar-refractivity contribution in [3.8, 4) is 0 Å². The fourth-order valence-corrected chi connectivity index (χ4v) is 1.66. The largest absolute Gasteiger partial charge is 0.478 e. The summed E-state index contributed by atoms with van der Waals surface area (Å²) in [7, 11) is 0. The third-order valence-corrected chi connectivity index (χ3v) is 2.72. The van der Waals surface area contributed by atoms with Crippen LogP contribution in [-0.2, 0) is 6.54 Å². The van der Waals surface area contributed by atoms with Gasteiger partial charge in [-0.1, -0.05) is 0 Å². The Hall–Kier alpha value is -1.14. The van der Waals surface area contributed by atoms with Gasteiger partial charge in [-0.25, -0.2) is 14.8 Å². The Morgan fingerprint density at radius 1 is 1.62 bits per heavy atom. The predicted molar refractivity (Wildman–Crippen MR) is 63.7 cm³/mol. The highest BCUT2D eigenvalue weighted by Crippen LogP contribution is 2.03.